The number of aromatic nitrogens is 1. The van der Waals surface area contributed by atoms with Crippen molar-refractivity contribution in [1.29, 1.82) is 0 Å². The van der Waals surface area contributed by atoms with Crippen LogP contribution in [0, 0.1) is 0 Å². The first-order valence-electron chi connectivity index (χ1n) is 6.45. The molecule has 0 aromatic carbocycles. The van der Waals surface area contributed by atoms with Crippen molar-refractivity contribution in [3.63, 3.8) is 0 Å². The molecule has 2 N–H and O–H groups in total. The zero-order chi connectivity index (χ0) is 14.1. The fourth-order valence-corrected chi connectivity index (χ4v) is 1.68. The maximum Gasteiger partial charge on any atom is 0.271 e. The smallest absolute Gasteiger partial charge is 0.271 e. The quantitative estimate of drug-likeness (QED) is 0.720. The zero-order valence-electron chi connectivity index (χ0n) is 11.3. The molecule has 0 atom stereocenters. The molecule has 0 fully saturated rings. The number of hydrogen-bond donors (Lipinski definition) is 2. The summed E-state index contributed by atoms with van der Waals surface area (Å²) in [7, 11) is 0. The molecule has 1 amide bonds. The Morgan fingerprint density at radius 1 is 1.42 bits per heavy atom. The zero-order valence-corrected chi connectivity index (χ0v) is 12.1. The number of anilines is 1. The summed E-state index contributed by atoms with van der Waals surface area (Å²) in [5, 5.41) is 6.17. The van der Waals surface area contributed by atoms with E-state index in [-0.39, 0.29) is 11.6 Å². The highest BCUT2D eigenvalue weighted by Gasteiger charge is 2.12. The third-order valence-corrected chi connectivity index (χ3v) is 2.68. The van der Waals surface area contributed by atoms with Gasteiger partial charge in [-0.3, -0.25) is 4.79 Å². The molecule has 1 rings (SSSR count). The molecule has 0 bridgehead atoms. The molecule has 0 unspecified atom stereocenters. The van der Waals surface area contributed by atoms with Crippen LogP contribution in [-0.2, 0) is 4.74 Å². The second-order valence-corrected chi connectivity index (χ2v) is 4.27. The van der Waals surface area contributed by atoms with E-state index >= 15 is 0 Å². The molecule has 0 aliphatic rings. The van der Waals surface area contributed by atoms with E-state index < -0.39 is 0 Å². The SMILES string of the molecule is CCNc1ccc(Cl)c(C(=O)NCCCOCC)n1. The predicted molar refractivity (Wildman–Crippen MR) is 76.9 cm³/mol. The van der Waals surface area contributed by atoms with Crippen LogP contribution < -0.4 is 10.6 Å². The Hall–Kier alpha value is -1.33. The maximum atomic E-state index is 11.9. The van der Waals surface area contributed by atoms with Crippen LogP contribution in [0.1, 0.15) is 30.8 Å². The topological polar surface area (TPSA) is 63.2 Å². The molecular weight excluding hydrogens is 266 g/mol. The molecule has 19 heavy (non-hydrogen) atoms. The van der Waals surface area contributed by atoms with Gasteiger partial charge < -0.3 is 15.4 Å². The summed E-state index contributed by atoms with van der Waals surface area (Å²) < 4.78 is 5.19. The number of rotatable bonds is 8. The lowest BCUT2D eigenvalue weighted by Gasteiger charge is -2.08. The van der Waals surface area contributed by atoms with E-state index in [1.165, 1.54) is 0 Å². The van der Waals surface area contributed by atoms with E-state index in [4.69, 9.17) is 16.3 Å². The van der Waals surface area contributed by atoms with Crippen molar-refractivity contribution in [3.8, 4) is 0 Å². The van der Waals surface area contributed by atoms with Gasteiger partial charge in [0.25, 0.3) is 5.91 Å². The number of nitrogens with one attached hydrogen (secondary N) is 2. The summed E-state index contributed by atoms with van der Waals surface area (Å²) in [5.41, 5.74) is 0.247. The molecule has 1 aromatic rings. The molecule has 0 saturated carbocycles. The lowest BCUT2D eigenvalue weighted by atomic mass is 10.3. The summed E-state index contributed by atoms with van der Waals surface area (Å²) in [6, 6.07) is 3.42. The first-order chi connectivity index (χ1) is 9.19. The van der Waals surface area contributed by atoms with Crippen molar-refractivity contribution in [2.45, 2.75) is 20.3 Å². The van der Waals surface area contributed by atoms with Crippen molar-refractivity contribution in [1.82, 2.24) is 10.3 Å². The molecule has 6 heteroatoms. The number of carbonyl (C=O) groups excluding carboxylic acids is 1. The van der Waals surface area contributed by atoms with Gasteiger partial charge in [-0.25, -0.2) is 4.98 Å². The molecule has 0 spiro atoms. The molecule has 0 radical (unpaired) electrons. The molecule has 106 valence electrons. The number of ether oxygens (including phenoxy) is 1. The lowest BCUT2D eigenvalue weighted by Crippen LogP contribution is -2.26. The van der Waals surface area contributed by atoms with Crippen LogP contribution in [0.4, 0.5) is 5.82 Å². The van der Waals surface area contributed by atoms with Crippen LogP contribution in [0.15, 0.2) is 12.1 Å². The van der Waals surface area contributed by atoms with Crippen molar-refractivity contribution in [2.75, 3.05) is 31.6 Å². The predicted octanol–water partition coefficient (Wildman–Crippen LogP) is 2.32. The molecule has 5 nitrogen and oxygen atoms in total. The largest absolute Gasteiger partial charge is 0.382 e. The van der Waals surface area contributed by atoms with E-state index in [1.54, 1.807) is 12.1 Å². The normalized spacial score (nSPS) is 10.3. The summed E-state index contributed by atoms with van der Waals surface area (Å²) in [5.74, 6) is 0.382. The van der Waals surface area contributed by atoms with Gasteiger partial charge in [0.15, 0.2) is 0 Å². The Bertz CT molecular complexity index is 413. The second-order valence-electron chi connectivity index (χ2n) is 3.86. The highest BCUT2D eigenvalue weighted by molar-refractivity contribution is 6.33. The minimum Gasteiger partial charge on any atom is -0.382 e. The van der Waals surface area contributed by atoms with E-state index in [9.17, 15) is 4.79 Å². The Labute approximate surface area is 118 Å². The Morgan fingerprint density at radius 3 is 2.89 bits per heavy atom. The second kappa shape index (κ2) is 8.72. The van der Waals surface area contributed by atoms with Crippen molar-refractivity contribution in [2.24, 2.45) is 0 Å². The summed E-state index contributed by atoms with van der Waals surface area (Å²) >= 11 is 5.98. The van der Waals surface area contributed by atoms with Crippen molar-refractivity contribution in [3.05, 3.63) is 22.8 Å². The fourth-order valence-electron chi connectivity index (χ4n) is 1.49. The van der Waals surface area contributed by atoms with Crippen molar-refractivity contribution >= 4 is 23.3 Å². The standard InChI is InChI=1S/C13H20ClN3O2/c1-3-15-11-7-6-10(14)12(17-11)13(18)16-8-5-9-19-4-2/h6-7H,3-5,8-9H2,1-2H3,(H,15,17)(H,16,18). The molecule has 1 heterocycles. The van der Waals surface area contributed by atoms with Crippen LogP contribution in [0.3, 0.4) is 0 Å². The number of carbonyl (C=O) groups is 1. The minimum absolute atomic E-state index is 0.247. The van der Waals surface area contributed by atoms with Gasteiger partial charge in [0.2, 0.25) is 0 Å². The van der Waals surface area contributed by atoms with Gasteiger partial charge in [-0.1, -0.05) is 11.6 Å². The summed E-state index contributed by atoms with van der Waals surface area (Å²) in [6.07, 6.45) is 0.768. The van der Waals surface area contributed by atoms with Crippen LogP contribution in [0.2, 0.25) is 5.02 Å². The number of hydrogen-bond acceptors (Lipinski definition) is 4. The van der Waals surface area contributed by atoms with Gasteiger partial charge >= 0.3 is 0 Å². The average Bonchev–Trinajstić information content (AvgIpc) is 2.41. The Morgan fingerprint density at radius 2 is 2.21 bits per heavy atom. The molecular formula is C13H20ClN3O2. The number of nitrogens with zero attached hydrogens (tertiary/aromatic N) is 1. The van der Waals surface area contributed by atoms with Crippen molar-refractivity contribution < 1.29 is 9.53 Å². The summed E-state index contributed by atoms with van der Waals surface area (Å²) in [6.45, 7) is 6.51. The molecule has 0 saturated heterocycles. The monoisotopic (exact) mass is 285 g/mol. The first kappa shape index (κ1) is 15.7. The van der Waals surface area contributed by atoms with Gasteiger partial charge in [-0.05, 0) is 32.4 Å². The Balaban J connectivity index is 2.53. The highest BCUT2D eigenvalue weighted by Crippen LogP contribution is 2.16. The van der Waals surface area contributed by atoms with Gasteiger partial charge in [-0.2, -0.15) is 0 Å². The molecule has 0 aliphatic carbocycles. The van der Waals surface area contributed by atoms with E-state index in [0.29, 0.717) is 30.6 Å². The van der Waals surface area contributed by atoms with E-state index in [0.717, 1.165) is 13.0 Å². The van der Waals surface area contributed by atoms with Gasteiger partial charge in [0.1, 0.15) is 11.5 Å². The average molecular weight is 286 g/mol. The molecule has 1 aromatic heterocycles. The van der Waals surface area contributed by atoms with Gasteiger partial charge in [0.05, 0.1) is 5.02 Å². The third kappa shape index (κ3) is 5.44. The van der Waals surface area contributed by atoms with Crippen LogP contribution in [-0.4, -0.2) is 37.2 Å². The highest BCUT2D eigenvalue weighted by atomic mass is 35.5. The van der Waals surface area contributed by atoms with E-state index in [2.05, 4.69) is 15.6 Å². The minimum atomic E-state index is -0.263. The third-order valence-electron chi connectivity index (χ3n) is 2.37. The van der Waals surface area contributed by atoms with Crippen LogP contribution in [0.25, 0.3) is 0 Å². The fraction of sp³-hybridized carbons (Fsp3) is 0.538. The lowest BCUT2D eigenvalue weighted by molar-refractivity contribution is 0.0939. The summed E-state index contributed by atoms with van der Waals surface area (Å²) in [4.78, 5) is 16.1. The van der Waals surface area contributed by atoms with Gasteiger partial charge in [-0.15, -0.1) is 0 Å². The van der Waals surface area contributed by atoms with E-state index in [1.807, 2.05) is 13.8 Å². The number of pyridine rings is 1. The maximum absolute atomic E-state index is 11.9. The Kier molecular flexibility index (Phi) is 7.22. The number of amides is 1. The van der Waals surface area contributed by atoms with Gasteiger partial charge in [0, 0.05) is 26.3 Å². The number of halogens is 1. The van der Waals surface area contributed by atoms with Crippen LogP contribution in [0.5, 0.6) is 0 Å². The first-order valence-corrected chi connectivity index (χ1v) is 6.83. The van der Waals surface area contributed by atoms with Crippen LogP contribution >= 0.6 is 11.6 Å². The molecule has 0 aliphatic heterocycles.